The van der Waals surface area contributed by atoms with Gasteiger partial charge in [-0.3, -0.25) is 0 Å². The van der Waals surface area contributed by atoms with Gasteiger partial charge >= 0.3 is 0 Å². The number of hydrogen-bond donors (Lipinski definition) is 1. The molecule has 2 heteroatoms. The normalized spacial score (nSPS) is 10.3. The van der Waals surface area contributed by atoms with Crippen LogP contribution in [0.1, 0.15) is 16.7 Å². The summed E-state index contributed by atoms with van der Waals surface area (Å²) >= 11 is 0. The standard InChI is InChI=1S/C13H15NO/c1-10-8-14-9-12(10)7-11-3-5-13(15-2)6-4-11/h3-6,8-9,14H,7H2,1-2H3. The average molecular weight is 201 g/mol. The number of aromatic amines is 1. The number of rotatable bonds is 3. The van der Waals surface area contributed by atoms with Crippen LogP contribution >= 0.6 is 0 Å². The Morgan fingerprint density at radius 3 is 2.40 bits per heavy atom. The summed E-state index contributed by atoms with van der Waals surface area (Å²) in [6.45, 7) is 2.12. The number of nitrogens with one attached hydrogen (secondary N) is 1. The molecule has 0 atom stereocenters. The van der Waals surface area contributed by atoms with Crippen molar-refractivity contribution in [3.63, 3.8) is 0 Å². The van der Waals surface area contributed by atoms with E-state index in [1.807, 2.05) is 18.3 Å². The molecule has 0 aliphatic heterocycles. The molecule has 0 bridgehead atoms. The smallest absolute Gasteiger partial charge is 0.118 e. The molecule has 1 heterocycles. The van der Waals surface area contributed by atoms with Crippen LogP contribution in [0.5, 0.6) is 5.75 Å². The molecule has 0 saturated heterocycles. The van der Waals surface area contributed by atoms with E-state index in [0.29, 0.717) is 0 Å². The lowest BCUT2D eigenvalue weighted by Gasteiger charge is -2.03. The van der Waals surface area contributed by atoms with Gasteiger partial charge in [-0.15, -0.1) is 0 Å². The molecule has 2 aromatic rings. The Labute approximate surface area is 89.9 Å². The minimum atomic E-state index is 0.907. The van der Waals surface area contributed by atoms with Gasteiger partial charge in [0.1, 0.15) is 5.75 Å². The number of aromatic nitrogens is 1. The van der Waals surface area contributed by atoms with Crippen molar-refractivity contribution in [1.29, 1.82) is 0 Å². The van der Waals surface area contributed by atoms with Gasteiger partial charge in [-0.1, -0.05) is 12.1 Å². The minimum absolute atomic E-state index is 0.907. The summed E-state index contributed by atoms with van der Waals surface area (Å²) in [6.07, 6.45) is 5.05. The first kappa shape index (κ1) is 9.84. The second-order valence-corrected chi connectivity index (χ2v) is 3.69. The third kappa shape index (κ3) is 2.21. The van der Waals surface area contributed by atoms with Gasteiger partial charge in [0, 0.05) is 12.4 Å². The summed E-state index contributed by atoms with van der Waals surface area (Å²) in [5.74, 6) is 0.907. The predicted molar refractivity (Wildman–Crippen MR) is 61.3 cm³/mol. The van der Waals surface area contributed by atoms with Crippen molar-refractivity contribution in [3.05, 3.63) is 53.3 Å². The average Bonchev–Trinajstić information content (AvgIpc) is 2.66. The molecule has 2 rings (SSSR count). The summed E-state index contributed by atoms with van der Waals surface area (Å²) in [5.41, 5.74) is 3.96. The van der Waals surface area contributed by atoms with Crippen LogP contribution in [0.2, 0.25) is 0 Å². The van der Waals surface area contributed by atoms with Crippen molar-refractivity contribution in [3.8, 4) is 5.75 Å². The van der Waals surface area contributed by atoms with Crippen LogP contribution in [0.4, 0.5) is 0 Å². The van der Waals surface area contributed by atoms with E-state index in [-0.39, 0.29) is 0 Å². The second kappa shape index (κ2) is 4.22. The topological polar surface area (TPSA) is 25.0 Å². The Balaban J connectivity index is 2.14. The lowest BCUT2D eigenvalue weighted by atomic mass is 10.1. The monoisotopic (exact) mass is 201 g/mol. The Bertz CT molecular complexity index is 428. The molecule has 78 valence electrons. The largest absolute Gasteiger partial charge is 0.497 e. The van der Waals surface area contributed by atoms with Gasteiger partial charge in [0.15, 0.2) is 0 Å². The summed E-state index contributed by atoms with van der Waals surface area (Å²) in [5, 5.41) is 0. The Morgan fingerprint density at radius 2 is 1.87 bits per heavy atom. The highest BCUT2D eigenvalue weighted by Gasteiger charge is 2.00. The molecule has 0 aliphatic rings. The highest BCUT2D eigenvalue weighted by molar-refractivity contribution is 5.33. The molecule has 2 nitrogen and oxygen atoms in total. The number of hydrogen-bond acceptors (Lipinski definition) is 1. The van der Waals surface area contributed by atoms with E-state index in [1.165, 1.54) is 16.7 Å². The fourth-order valence-corrected chi connectivity index (χ4v) is 1.63. The Hall–Kier alpha value is -1.70. The zero-order valence-electron chi connectivity index (χ0n) is 9.08. The van der Waals surface area contributed by atoms with Crippen LogP contribution in [0.3, 0.4) is 0 Å². The third-order valence-electron chi connectivity index (χ3n) is 2.62. The number of methoxy groups -OCH3 is 1. The molecule has 0 fully saturated rings. The lowest BCUT2D eigenvalue weighted by Crippen LogP contribution is -1.89. The van der Waals surface area contributed by atoms with Crippen molar-refractivity contribution in [2.24, 2.45) is 0 Å². The molecule has 0 unspecified atom stereocenters. The zero-order chi connectivity index (χ0) is 10.7. The minimum Gasteiger partial charge on any atom is -0.497 e. The molecule has 1 aromatic carbocycles. The SMILES string of the molecule is COc1ccc(Cc2c[nH]cc2C)cc1. The van der Waals surface area contributed by atoms with E-state index >= 15 is 0 Å². The van der Waals surface area contributed by atoms with Gasteiger partial charge < -0.3 is 9.72 Å². The molecular formula is C13H15NO. The van der Waals surface area contributed by atoms with Gasteiger partial charge in [-0.25, -0.2) is 0 Å². The van der Waals surface area contributed by atoms with Crippen molar-refractivity contribution in [1.82, 2.24) is 4.98 Å². The van der Waals surface area contributed by atoms with E-state index in [1.54, 1.807) is 7.11 Å². The molecule has 1 aromatic heterocycles. The first-order valence-corrected chi connectivity index (χ1v) is 5.05. The van der Waals surface area contributed by atoms with Crippen molar-refractivity contribution < 1.29 is 4.74 Å². The van der Waals surface area contributed by atoms with Crippen molar-refractivity contribution in [2.75, 3.05) is 7.11 Å². The highest BCUT2D eigenvalue weighted by atomic mass is 16.5. The van der Waals surface area contributed by atoms with Crippen LogP contribution in [0, 0.1) is 6.92 Å². The van der Waals surface area contributed by atoms with Crippen LogP contribution < -0.4 is 4.74 Å². The molecule has 1 N–H and O–H groups in total. The lowest BCUT2D eigenvalue weighted by molar-refractivity contribution is 0.414. The first-order chi connectivity index (χ1) is 7.29. The third-order valence-corrected chi connectivity index (χ3v) is 2.62. The van der Waals surface area contributed by atoms with E-state index in [2.05, 4.69) is 30.2 Å². The molecule has 0 saturated carbocycles. The molecule has 0 spiro atoms. The summed E-state index contributed by atoms with van der Waals surface area (Å²) < 4.78 is 5.12. The maximum atomic E-state index is 5.12. The zero-order valence-corrected chi connectivity index (χ0v) is 9.08. The van der Waals surface area contributed by atoms with Crippen LogP contribution in [0.15, 0.2) is 36.7 Å². The van der Waals surface area contributed by atoms with E-state index in [0.717, 1.165) is 12.2 Å². The predicted octanol–water partition coefficient (Wildman–Crippen LogP) is 2.92. The number of ether oxygens (including phenoxy) is 1. The van der Waals surface area contributed by atoms with Gasteiger partial charge in [0.25, 0.3) is 0 Å². The molecule has 0 aliphatic carbocycles. The highest BCUT2D eigenvalue weighted by Crippen LogP contribution is 2.16. The second-order valence-electron chi connectivity index (χ2n) is 3.69. The Morgan fingerprint density at radius 1 is 1.13 bits per heavy atom. The maximum absolute atomic E-state index is 5.12. The number of aryl methyl sites for hydroxylation is 1. The van der Waals surface area contributed by atoms with Gasteiger partial charge in [0.05, 0.1) is 7.11 Å². The molecule has 15 heavy (non-hydrogen) atoms. The fraction of sp³-hybridized carbons (Fsp3) is 0.231. The van der Waals surface area contributed by atoms with Crippen molar-refractivity contribution in [2.45, 2.75) is 13.3 Å². The fourth-order valence-electron chi connectivity index (χ4n) is 1.63. The Kier molecular flexibility index (Phi) is 2.77. The maximum Gasteiger partial charge on any atom is 0.118 e. The molecular weight excluding hydrogens is 186 g/mol. The number of benzene rings is 1. The summed E-state index contributed by atoms with van der Waals surface area (Å²) in [6, 6.07) is 8.20. The van der Waals surface area contributed by atoms with Crippen molar-refractivity contribution >= 4 is 0 Å². The van der Waals surface area contributed by atoms with Gasteiger partial charge in [0.2, 0.25) is 0 Å². The van der Waals surface area contributed by atoms with Crippen LogP contribution in [-0.4, -0.2) is 12.1 Å². The molecule has 0 amide bonds. The summed E-state index contributed by atoms with van der Waals surface area (Å²) in [4.78, 5) is 3.12. The number of H-pyrrole nitrogens is 1. The quantitative estimate of drug-likeness (QED) is 0.811. The van der Waals surface area contributed by atoms with Crippen LogP contribution in [0.25, 0.3) is 0 Å². The van der Waals surface area contributed by atoms with Crippen LogP contribution in [-0.2, 0) is 6.42 Å². The van der Waals surface area contributed by atoms with E-state index in [4.69, 9.17) is 4.74 Å². The molecule has 0 radical (unpaired) electrons. The van der Waals surface area contributed by atoms with Gasteiger partial charge in [-0.05, 0) is 42.2 Å². The first-order valence-electron chi connectivity index (χ1n) is 5.05. The van der Waals surface area contributed by atoms with E-state index in [9.17, 15) is 0 Å². The van der Waals surface area contributed by atoms with Gasteiger partial charge in [-0.2, -0.15) is 0 Å². The van der Waals surface area contributed by atoms with E-state index < -0.39 is 0 Å². The summed E-state index contributed by atoms with van der Waals surface area (Å²) in [7, 11) is 1.69.